The van der Waals surface area contributed by atoms with E-state index in [-0.39, 0.29) is 6.04 Å². The molecule has 4 heteroatoms. The van der Waals surface area contributed by atoms with Crippen LogP contribution in [0.2, 0.25) is 0 Å². The first-order valence-corrected chi connectivity index (χ1v) is 5.68. The van der Waals surface area contributed by atoms with Gasteiger partial charge in [-0.25, -0.2) is 0 Å². The van der Waals surface area contributed by atoms with E-state index in [1.807, 2.05) is 44.9 Å². The zero-order valence-corrected chi connectivity index (χ0v) is 10.7. The molecule has 0 aliphatic carbocycles. The Bertz CT molecular complexity index is 542. The molecule has 2 N–H and O–H groups in total. The molecule has 2 aromatic heterocycles. The number of hydrogen-bond acceptors (Lipinski definition) is 3. The van der Waals surface area contributed by atoms with Crippen LogP contribution < -0.4 is 5.73 Å². The third-order valence-corrected chi connectivity index (χ3v) is 3.13. The van der Waals surface area contributed by atoms with Crippen molar-refractivity contribution in [2.24, 2.45) is 12.8 Å². The van der Waals surface area contributed by atoms with Gasteiger partial charge >= 0.3 is 0 Å². The molecular weight excluding hydrogens is 212 g/mol. The van der Waals surface area contributed by atoms with Gasteiger partial charge in [0.2, 0.25) is 0 Å². The van der Waals surface area contributed by atoms with Gasteiger partial charge in [-0.3, -0.25) is 9.67 Å². The van der Waals surface area contributed by atoms with Gasteiger partial charge in [0.1, 0.15) is 0 Å². The first kappa shape index (κ1) is 11.8. The molecule has 0 spiro atoms. The van der Waals surface area contributed by atoms with Gasteiger partial charge in [0.15, 0.2) is 0 Å². The Hall–Kier alpha value is -1.68. The van der Waals surface area contributed by atoms with Gasteiger partial charge in [-0.05, 0) is 31.9 Å². The maximum Gasteiger partial charge on any atom is 0.0647 e. The van der Waals surface area contributed by atoms with Crippen molar-refractivity contribution in [1.29, 1.82) is 0 Å². The summed E-state index contributed by atoms with van der Waals surface area (Å²) < 4.78 is 1.87. The fourth-order valence-corrected chi connectivity index (χ4v) is 2.16. The smallest absolute Gasteiger partial charge is 0.0647 e. The zero-order chi connectivity index (χ0) is 12.6. The molecule has 0 fully saturated rings. The van der Waals surface area contributed by atoms with Crippen LogP contribution >= 0.6 is 0 Å². The Labute approximate surface area is 101 Å². The predicted octanol–water partition coefficient (Wildman–Crippen LogP) is 1.79. The van der Waals surface area contributed by atoms with Gasteiger partial charge in [-0.1, -0.05) is 6.07 Å². The van der Waals surface area contributed by atoms with Crippen molar-refractivity contribution in [3.8, 4) is 0 Å². The number of rotatable bonds is 2. The Morgan fingerprint density at radius 1 is 1.24 bits per heavy atom. The molecule has 4 nitrogen and oxygen atoms in total. The molecule has 2 heterocycles. The third-order valence-electron chi connectivity index (χ3n) is 3.13. The van der Waals surface area contributed by atoms with Crippen LogP contribution in [-0.2, 0) is 7.05 Å². The number of nitrogens with zero attached hydrogens (tertiary/aromatic N) is 3. The summed E-state index contributed by atoms with van der Waals surface area (Å²) in [5.74, 6) is 0. The molecule has 2 aromatic rings. The minimum atomic E-state index is -0.156. The van der Waals surface area contributed by atoms with Crippen molar-refractivity contribution in [1.82, 2.24) is 14.8 Å². The van der Waals surface area contributed by atoms with E-state index >= 15 is 0 Å². The summed E-state index contributed by atoms with van der Waals surface area (Å²) in [5, 5.41) is 4.40. The van der Waals surface area contributed by atoms with Crippen LogP contribution in [0.25, 0.3) is 0 Å². The van der Waals surface area contributed by atoms with Crippen molar-refractivity contribution in [2.45, 2.75) is 26.8 Å². The van der Waals surface area contributed by atoms with E-state index in [0.717, 1.165) is 28.1 Å². The minimum Gasteiger partial charge on any atom is -0.320 e. The lowest BCUT2D eigenvalue weighted by Gasteiger charge is -2.13. The van der Waals surface area contributed by atoms with E-state index in [2.05, 4.69) is 16.1 Å². The Morgan fingerprint density at radius 2 is 1.94 bits per heavy atom. The highest BCUT2D eigenvalue weighted by Gasteiger charge is 2.18. The predicted molar refractivity (Wildman–Crippen MR) is 67.7 cm³/mol. The summed E-state index contributed by atoms with van der Waals surface area (Å²) >= 11 is 0. The lowest BCUT2D eigenvalue weighted by molar-refractivity contribution is 0.728. The summed E-state index contributed by atoms with van der Waals surface area (Å²) in [6.07, 6.45) is 3.66. The maximum atomic E-state index is 6.31. The fraction of sp³-hybridized carbons (Fsp3) is 0.385. The Morgan fingerprint density at radius 3 is 2.47 bits per heavy atom. The summed E-state index contributed by atoms with van der Waals surface area (Å²) in [6.45, 7) is 6.05. The van der Waals surface area contributed by atoms with Crippen LogP contribution in [0.3, 0.4) is 0 Å². The van der Waals surface area contributed by atoms with Gasteiger partial charge in [-0.2, -0.15) is 5.10 Å². The minimum absolute atomic E-state index is 0.156. The standard InChI is InChI=1S/C13H18N4/c1-8-5-11(7-15-6-8)13(14)12-9(2)16-17(4)10(12)3/h5-7,13H,14H2,1-4H3. The second-order valence-electron chi connectivity index (χ2n) is 4.48. The molecule has 0 radical (unpaired) electrons. The van der Waals surface area contributed by atoms with Crippen molar-refractivity contribution in [3.63, 3.8) is 0 Å². The van der Waals surface area contributed by atoms with E-state index in [4.69, 9.17) is 5.73 Å². The summed E-state index contributed by atoms with van der Waals surface area (Å²) in [4.78, 5) is 4.19. The number of hydrogen-bond donors (Lipinski definition) is 1. The van der Waals surface area contributed by atoms with Gasteiger partial charge in [0, 0.05) is 30.7 Å². The molecule has 0 aromatic carbocycles. The Kier molecular flexibility index (Phi) is 2.98. The number of aryl methyl sites for hydroxylation is 3. The monoisotopic (exact) mass is 230 g/mol. The van der Waals surface area contributed by atoms with Crippen LogP contribution in [-0.4, -0.2) is 14.8 Å². The lowest BCUT2D eigenvalue weighted by Crippen LogP contribution is -2.14. The largest absolute Gasteiger partial charge is 0.320 e. The first-order chi connectivity index (χ1) is 8.00. The second-order valence-corrected chi connectivity index (χ2v) is 4.48. The molecule has 0 saturated heterocycles. The summed E-state index contributed by atoms with van der Waals surface area (Å²) in [5.41, 5.74) is 11.7. The van der Waals surface area contributed by atoms with Crippen LogP contribution in [0.5, 0.6) is 0 Å². The first-order valence-electron chi connectivity index (χ1n) is 5.68. The van der Waals surface area contributed by atoms with Crippen molar-refractivity contribution < 1.29 is 0 Å². The van der Waals surface area contributed by atoms with E-state index in [0.29, 0.717) is 0 Å². The summed E-state index contributed by atoms with van der Waals surface area (Å²) in [6, 6.07) is 1.92. The molecule has 0 bridgehead atoms. The van der Waals surface area contributed by atoms with E-state index in [1.54, 1.807) is 0 Å². The van der Waals surface area contributed by atoms with Crippen LogP contribution in [0.4, 0.5) is 0 Å². The summed E-state index contributed by atoms with van der Waals surface area (Å²) in [7, 11) is 1.94. The van der Waals surface area contributed by atoms with Gasteiger partial charge in [0.25, 0.3) is 0 Å². The van der Waals surface area contributed by atoms with E-state index in [1.165, 1.54) is 0 Å². The molecule has 0 saturated carbocycles. The molecule has 90 valence electrons. The molecule has 0 aliphatic heterocycles. The Balaban J connectivity index is 2.47. The molecular formula is C13H18N4. The third kappa shape index (κ3) is 2.08. The van der Waals surface area contributed by atoms with Gasteiger partial charge in [-0.15, -0.1) is 0 Å². The highest BCUT2D eigenvalue weighted by molar-refractivity contribution is 5.36. The van der Waals surface area contributed by atoms with Gasteiger partial charge in [0.05, 0.1) is 11.7 Å². The van der Waals surface area contributed by atoms with E-state index < -0.39 is 0 Å². The van der Waals surface area contributed by atoms with E-state index in [9.17, 15) is 0 Å². The van der Waals surface area contributed by atoms with Crippen LogP contribution in [0, 0.1) is 20.8 Å². The van der Waals surface area contributed by atoms with Crippen molar-refractivity contribution in [2.75, 3.05) is 0 Å². The average molecular weight is 230 g/mol. The van der Waals surface area contributed by atoms with Crippen LogP contribution in [0.15, 0.2) is 18.5 Å². The number of nitrogens with two attached hydrogens (primary N) is 1. The zero-order valence-electron chi connectivity index (χ0n) is 10.7. The topological polar surface area (TPSA) is 56.7 Å². The highest BCUT2D eigenvalue weighted by Crippen LogP contribution is 2.25. The molecule has 0 aliphatic rings. The fourth-order valence-electron chi connectivity index (χ4n) is 2.16. The normalized spacial score (nSPS) is 12.8. The maximum absolute atomic E-state index is 6.31. The number of pyridine rings is 1. The quantitative estimate of drug-likeness (QED) is 0.855. The van der Waals surface area contributed by atoms with Crippen LogP contribution in [0.1, 0.15) is 34.1 Å². The number of aromatic nitrogens is 3. The molecule has 2 rings (SSSR count). The molecule has 0 amide bonds. The average Bonchev–Trinajstić information content (AvgIpc) is 2.52. The van der Waals surface area contributed by atoms with Gasteiger partial charge < -0.3 is 5.73 Å². The van der Waals surface area contributed by atoms with Crippen molar-refractivity contribution >= 4 is 0 Å². The molecule has 17 heavy (non-hydrogen) atoms. The molecule has 1 atom stereocenters. The lowest BCUT2D eigenvalue weighted by atomic mass is 9.98. The van der Waals surface area contributed by atoms with Crippen molar-refractivity contribution in [3.05, 3.63) is 46.5 Å². The second kappa shape index (κ2) is 4.30. The highest BCUT2D eigenvalue weighted by atomic mass is 15.3. The molecule has 1 unspecified atom stereocenters. The SMILES string of the molecule is Cc1cncc(C(N)c2c(C)nn(C)c2C)c1.